The molecule has 2 heterocycles. The summed E-state index contributed by atoms with van der Waals surface area (Å²) in [5, 5.41) is 0. The lowest BCUT2D eigenvalue weighted by Crippen LogP contribution is -2.07. The highest BCUT2D eigenvalue weighted by Gasteiger charge is 2.08. The molecule has 0 saturated carbocycles. The number of aromatic amines is 1. The number of hydrogen-bond acceptors (Lipinski definition) is 4. The van der Waals surface area contributed by atoms with Crippen molar-refractivity contribution in [3.05, 3.63) is 11.0 Å². The van der Waals surface area contributed by atoms with Gasteiger partial charge in [-0.2, -0.15) is 0 Å². The van der Waals surface area contributed by atoms with Crippen molar-refractivity contribution >= 4 is 29.3 Å². The predicted octanol–water partition coefficient (Wildman–Crippen LogP) is 2.12. The van der Waals surface area contributed by atoms with E-state index in [1.165, 1.54) is 0 Å². The Hall–Kier alpha value is -1.43. The molecule has 0 aromatic carbocycles. The van der Waals surface area contributed by atoms with Crippen LogP contribution in [0.5, 0.6) is 0 Å². The summed E-state index contributed by atoms with van der Waals surface area (Å²) in [7, 11) is 0. The first-order chi connectivity index (χ1) is 7.61. The molecule has 86 valence electrons. The quantitative estimate of drug-likeness (QED) is 0.802. The number of nitrogens with two attached hydrogens (primary N) is 1. The minimum absolute atomic E-state index is 0.336. The van der Waals surface area contributed by atoms with Gasteiger partial charge in [0.15, 0.2) is 10.6 Å². The van der Waals surface area contributed by atoms with Crippen molar-refractivity contribution in [1.29, 1.82) is 0 Å². The zero-order valence-corrected chi connectivity index (χ0v) is 10.2. The molecule has 0 fully saturated rings. The van der Waals surface area contributed by atoms with E-state index in [1.54, 1.807) is 6.33 Å². The second kappa shape index (κ2) is 4.21. The van der Waals surface area contributed by atoms with Gasteiger partial charge in [-0.1, -0.05) is 32.5 Å². The highest BCUT2D eigenvalue weighted by molar-refractivity contribution is 7.71. The van der Waals surface area contributed by atoms with Crippen LogP contribution in [0.25, 0.3) is 11.2 Å². The van der Waals surface area contributed by atoms with Crippen LogP contribution in [0, 0.1) is 10.6 Å². The fourth-order valence-corrected chi connectivity index (χ4v) is 1.83. The van der Waals surface area contributed by atoms with E-state index in [2.05, 4.69) is 28.8 Å². The maximum atomic E-state index is 5.64. The molecule has 0 spiro atoms. The molecule has 0 aliphatic rings. The maximum absolute atomic E-state index is 5.64. The number of nitrogens with zero attached hydrogens (tertiary/aromatic N) is 3. The number of fused-ring (bicyclic) bond motifs is 1. The van der Waals surface area contributed by atoms with Gasteiger partial charge in [0.25, 0.3) is 0 Å². The van der Waals surface area contributed by atoms with Crippen molar-refractivity contribution in [3.63, 3.8) is 0 Å². The molecular formula is C10H15N5S. The first-order valence-corrected chi connectivity index (χ1v) is 5.73. The highest BCUT2D eigenvalue weighted by Crippen LogP contribution is 2.14. The number of nitrogen functional groups attached to an aromatic ring is 1. The lowest BCUT2D eigenvalue weighted by atomic mass is 10.1. The van der Waals surface area contributed by atoms with E-state index in [0.717, 1.165) is 18.6 Å². The molecule has 3 N–H and O–H groups in total. The second-order valence-electron chi connectivity index (χ2n) is 4.03. The van der Waals surface area contributed by atoms with Crippen LogP contribution in [0.1, 0.15) is 20.3 Å². The Bertz CT molecular complexity index is 556. The van der Waals surface area contributed by atoms with Gasteiger partial charge in [0.1, 0.15) is 11.2 Å². The molecule has 1 atom stereocenters. The molecule has 2 aromatic rings. The minimum atomic E-state index is 0.336. The van der Waals surface area contributed by atoms with Crippen molar-refractivity contribution in [2.75, 3.05) is 5.73 Å². The Morgan fingerprint density at radius 3 is 3.06 bits per heavy atom. The van der Waals surface area contributed by atoms with Crippen LogP contribution in [0.2, 0.25) is 0 Å². The maximum Gasteiger partial charge on any atom is 0.200 e. The second-order valence-corrected chi connectivity index (χ2v) is 4.42. The molecule has 16 heavy (non-hydrogen) atoms. The molecule has 0 aliphatic carbocycles. The van der Waals surface area contributed by atoms with E-state index >= 15 is 0 Å². The number of nitrogens with one attached hydrogen (secondary N) is 1. The van der Waals surface area contributed by atoms with Gasteiger partial charge in [0, 0.05) is 6.54 Å². The molecule has 5 nitrogen and oxygen atoms in total. The van der Waals surface area contributed by atoms with E-state index < -0.39 is 0 Å². The Kier molecular flexibility index (Phi) is 2.91. The van der Waals surface area contributed by atoms with Crippen LogP contribution in [0.3, 0.4) is 0 Å². The first kappa shape index (κ1) is 11.1. The molecule has 6 heteroatoms. The van der Waals surface area contributed by atoms with Gasteiger partial charge in [-0.3, -0.25) is 0 Å². The average molecular weight is 237 g/mol. The van der Waals surface area contributed by atoms with Gasteiger partial charge in [-0.05, 0) is 5.92 Å². The number of aromatic nitrogens is 4. The normalized spacial score (nSPS) is 13.1. The van der Waals surface area contributed by atoms with Crippen molar-refractivity contribution in [2.24, 2.45) is 5.92 Å². The lowest BCUT2D eigenvalue weighted by molar-refractivity contribution is 0.474. The zero-order valence-electron chi connectivity index (χ0n) is 9.40. The highest BCUT2D eigenvalue weighted by atomic mass is 32.1. The Morgan fingerprint density at radius 2 is 2.38 bits per heavy atom. The molecule has 0 amide bonds. The summed E-state index contributed by atoms with van der Waals surface area (Å²) >= 11 is 5.11. The van der Waals surface area contributed by atoms with Gasteiger partial charge in [0.2, 0.25) is 0 Å². The van der Waals surface area contributed by atoms with Crippen LogP contribution < -0.4 is 5.73 Å². The molecule has 2 aromatic heterocycles. The largest absolute Gasteiger partial charge is 0.369 e. The summed E-state index contributed by atoms with van der Waals surface area (Å²) < 4.78 is 2.49. The molecule has 1 unspecified atom stereocenters. The van der Waals surface area contributed by atoms with Crippen LogP contribution >= 0.6 is 12.2 Å². The first-order valence-electron chi connectivity index (χ1n) is 5.32. The van der Waals surface area contributed by atoms with Crippen LogP contribution in [-0.4, -0.2) is 19.5 Å². The number of hydrogen-bond donors (Lipinski definition) is 2. The van der Waals surface area contributed by atoms with Gasteiger partial charge < -0.3 is 15.3 Å². The number of H-pyrrole nitrogens is 1. The number of rotatable bonds is 3. The van der Waals surface area contributed by atoms with E-state index in [9.17, 15) is 0 Å². The fourth-order valence-electron chi connectivity index (χ4n) is 1.58. The van der Waals surface area contributed by atoms with Crippen LogP contribution in [-0.2, 0) is 6.54 Å². The molecular weight excluding hydrogens is 222 g/mol. The topological polar surface area (TPSA) is 72.5 Å². The van der Waals surface area contributed by atoms with E-state index in [0.29, 0.717) is 22.0 Å². The fraction of sp³-hybridized carbons (Fsp3) is 0.500. The van der Waals surface area contributed by atoms with Crippen molar-refractivity contribution in [3.8, 4) is 0 Å². The summed E-state index contributed by atoms with van der Waals surface area (Å²) in [6, 6.07) is 0. The lowest BCUT2D eigenvalue weighted by Gasteiger charge is -2.09. The third kappa shape index (κ3) is 1.92. The van der Waals surface area contributed by atoms with Crippen LogP contribution in [0.4, 0.5) is 5.95 Å². The van der Waals surface area contributed by atoms with E-state index in [-0.39, 0.29) is 0 Å². The van der Waals surface area contributed by atoms with Crippen molar-refractivity contribution in [2.45, 2.75) is 26.8 Å². The molecule has 0 radical (unpaired) electrons. The minimum Gasteiger partial charge on any atom is -0.369 e. The van der Waals surface area contributed by atoms with Crippen molar-refractivity contribution in [1.82, 2.24) is 19.5 Å². The number of anilines is 1. The molecule has 0 saturated heterocycles. The monoisotopic (exact) mass is 237 g/mol. The molecule has 0 bridgehead atoms. The van der Waals surface area contributed by atoms with E-state index in [1.807, 2.05) is 4.57 Å². The Balaban J connectivity index is 2.51. The summed E-state index contributed by atoms with van der Waals surface area (Å²) in [6.07, 6.45) is 2.91. The zero-order chi connectivity index (χ0) is 11.7. The summed E-state index contributed by atoms with van der Waals surface area (Å²) in [4.78, 5) is 11.2. The summed E-state index contributed by atoms with van der Waals surface area (Å²) in [6.45, 7) is 5.27. The van der Waals surface area contributed by atoms with Gasteiger partial charge >= 0.3 is 0 Å². The SMILES string of the molecule is CCC(C)Cn1cnc2c(=S)nc(N)[nH]c21. The van der Waals surface area contributed by atoms with Gasteiger partial charge in [-0.25, -0.2) is 9.97 Å². The van der Waals surface area contributed by atoms with Gasteiger partial charge in [-0.15, -0.1) is 0 Å². The summed E-state index contributed by atoms with van der Waals surface area (Å²) in [5.41, 5.74) is 7.22. The Labute approximate surface area is 98.7 Å². The third-order valence-electron chi connectivity index (χ3n) is 2.71. The number of imidazole rings is 1. The average Bonchev–Trinajstić information content (AvgIpc) is 2.61. The standard InChI is InChI=1S/C10H15N5S/c1-3-6(2)4-15-5-12-7-8(15)13-10(11)14-9(7)16/h5-6H,3-4H2,1-2H3,(H3,11,13,14,16). The van der Waals surface area contributed by atoms with E-state index in [4.69, 9.17) is 18.0 Å². The van der Waals surface area contributed by atoms with Gasteiger partial charge in [0.05, 0.1) is 6.33 Å². The smallest absolute Gasteiger partial charge is 0.200 e. The Morgan fingerprint density at radius 1 is 1.62 bits per heavy atom. The molecule has 0 aliphatic heterocycles. The van der Waals surface area contributed by atoms with Crippen LogP contribution in [0.15, 0.2) is 6.33 Å². The summed E-state index contributed by atoms with van der Waals surface area (Å²) in [5.74, 6) is 0.928. The van der Waals surface area contributed by atoms with Crippen molar-refractivity contribution < 1.29 is 0 Å². The third-order valence-corrected chi connectivity index (χ3v) is 3.00. The predicted molar refractivity (Wildman–Crippen MR) is 66.6 cm³/mol. The molecule has 2 rings (SSSR count).